The summed E-state index contributed by atoms with van der Waals surface area (Å²) in [6.07, 6.45) is 0.671. The molecule has 5 heteroatoms. The van der Waals surface area contributed by atoms with Gasteiger partial charge in [-0.25, -0.2) is 4.79 Å². The highest BCUT2D eigenvalue weighted by Gasteiger charge is 2.37. The summed E-state index contributed by atoms with van der Waals surface area (Å²) in [5, 5.41) is 12.1. The van der Waals surface area contributed by atoms with E-state index in [0.717, 1.165) is 11.1 Å². The van der Waals surface area contributed by atoms with Crippen LogP contribution in [0.1, 0.15) is 50.7 Å². The summed E-state index contributed by atoms with van der Waals surface area (Å²) < 4.78 is 5.33. The Morgan fingerprint density at radius 2 is 1.91 bits per heavy atom. The van der Waals surface area contributed by atoms with E-state index >= 15 is 0 Å². The summed E-state index contributed by atoms with van der Waals surface area (Å²) in [7, 11) is 1.56. The van der Waals surface area contributed by atoms with Gasteiger partial charge in [-0.15, -0.1) is 0 Å². The molecule has 0 radical (unpaired) electrons. The van der Waals surface area contributed by atoms with Crippen LogP contribution in [0.5, 0.6) is 5.75 Å². The minimum absolute atomic E-state index is 0.312. The maximum Gasteiger partial charge on any atom is 0.329 e. The van der Waals surface area contributed by atoms with Crippen LogP contribution in [0.3, 0.4) is 0 Å². The molecule has 1 rings (SSSR count). The van der Waals surface area contributed by atoms with Gasteiger partial charge in [-0.05, 0) is 38.3 Å². The molecule has 0 aliphatic heterocycles. The molecule has 0 saturated carbocycles. The molecule has 1 atom stereocenters. The predicted octanol–water partition coefficient (Wildman–Crippen LogP) is 2.87. The van der Waals surface area contributed by atoms with Crippen LogP contribution in [-0.4, -0.2) is 29.6 Å². The van der Waals surface area contributed by atoms with E-state index in [0.29, 0.717) is 18.6 Å². The van der Waals surface area contributed by atoms with Crippen molar-refractivity contribution in [1.82, 2.24) is 5.32 Å². The molecule has 1 unspecified atom stereocenters. The summed E-state index contributed by atoms with van der Waals surface area (Å²) in [6, 6.07) is 5.62. The van der Waals surface area contributed by atoms with E-state index in [1.165, 1.54) is 0 Å². The summed E-state index contributed by atoms with van der Waals surface area (Å²) >= 11 is 0. The number of hydrogen-bond donors (Lipinski definition) is 2. The first kappa shape index (κ1) is 18.0. The first-order valence-electron chi connectivity index (χ1n) is 7.51. The third-order valence-corrected chi connectivity index (χ3v) is 4.23. The van der Waals surface area contributed by atoms with Crippen molar-refractivity contribution >= 4 is 11.9 Å². The highest BCUT2D eigenvalue weighted by atomic mass is 16.5. The number of carboxylic acid groups (broad SMARTS) is 1. The zero-order valence-electron chi connectivity index (χ0n) is 13.9. The van der Waals surface area contributed by atoms with Crippen molar-refractivity contribution < 1.29 is 19.4 Å². The van der Waals surface area contributed by atoms with Gasteiger partial charge in [-0.2, -0.15) is 0 Å². The molecule has 0 fully saturated rings. The number of rotatable bonds is 7. The van der Waals surface area contributed by atoms with Crippen molar-refractivity contribution in [1.29, 1.82) is 0 Å². The smallest absolute Gasteiger partial charge is 0.329 e. The number of aliphatic carboxylic acids is 1. The molecule has 1 aromatic carbocycles. The van der Waals surface area contributed by atoms with Gasteiger partial charge in [0.2, 0.25) is 5.91 Å². The lowest BCUT2D eigenvalue weighted by Gasteiger charge is -2.29. The summed E-state index contributed by atoms with van der Waals surface area (Å²) in [5.41, 5.74) is 0.566. The molecular weight excluding hydrogens is 282 g/mol. The maximum absolute atomic E-state index is 12.5. The van der Waals surface area contributed by atoms with Crippen molar-refractivity contribution in [3.8, 4) is 5.75 Å². The topological polar surface area (TPSA) is 75.6 Å². The van der Waals surface area contributed by atoms with Gasteiger partial charge in [-0.1, -0.05) is 26.0 Å². The SMILES string of the molecule is CCC(CC)(NC(=O)C(C)c1ccc(C)cc1OC)C(=O)O. The number of methoxy groups -OCH3 is 1. The van der Waals surface area contributed by atoms with E-state index < -0.39 is 17.4 Å². The van der Waals surface area contributed by atoms with Crippen molar-refractivity contribution in [2.75, 3.05) is 7.11 Å². The van der Waals surface area contributed by atoms with Crippen LogP contribution in [0, 0.1) is 6.92 Å². The quantitative estimate of drug-likeness (QED) is 0.812. The minimum atomic E-state index is -1.22. The van der Waals surface area contributed by atoms with Crippen LogP contribution in [0.2, 0.25) is 0 Å². The number of carbonyl (C=O) groups excluding carboxylic acids is 1. The van der Waals surface area contributed by atoms with Gasteiger partial charge in [0, 0.05) is 5.56 Å². The normalized spacial score (nSPS) is 12.6. The van der Waals surface area contributed by atoms with E-state index in [9.17, 15) is 14.7 Å². The average Bonchev–Trinajstić information content (AvgIpc) is 2.51. The molecule has 0 aliphatic carbocycles. The number of aryl methyl sites for hydroxylation is 1. The van der Waals surface area contributed by atoms with Crippen LogP contribution >= 0.6 is 0 Å². The third kappa shape index (κ3) is 3.59. The highest BCUT2D eigenvalue weighted by molar-refractivity contribution is 5.90. The van der Waals surface area contributed by atoms with Crippen molar-refractivity contribution in [2.45, 2.75) is 52.0 Å². The van der Waals surface area contributed by atoms with Gasteiger partial charge in [0.05, 0.1) is 13.0 Å². The Morgan fingerprint density at radius 3 is 2.36 bits per heavy atom. The summed E-state index contributed by atoms with van der Waals surface area (Å²) in [5.74, 6) is -1.17. The zero-order valence-corrected chi connectivity index (χ0v) is 13.9. The molecule has 0 saturated heterocycles. The number of benzene rings is 1. The van der Waals surface area contributed by atoms with E-state index in [4.69, 9.17) is 4.74 Å². The fraction of sp³-hybridized carbons (Fsp3) is 0.529. The fourth-order valence-electron chi connectivity index (χ4n) is 2.44. The minimum Gasteiger partial charge on any atom is -0.496 e. The summed E-state index contributed by atoms with van der Waals surface area (Å²) in [6.45, 7) is 7.21. The molecule has 0 spiro atoms. The van der Waals surface area contributed by atoms with Gasteiger partial charge in [0.25, 0.3) is 0 Å². The largest absolute Gasteiger partial charge is 0.496 e. The Hall–Kier alpha value is -2.04. The van der Waals surface area contributed by atoms with Crippen LogP contribution in [0.15, 0.2) is 18.2 Å². The van der Waals surface area contributed by atoms with E-state index in [1.54, 1.807) is 27.9 Å². The molecule has 0 aliphatic rings. The number of ether oxygens (including phenoxy) is 1. The fourth-order valence-corrected chi connectivity index (χ4v) is 2.44. The van der Waals surface area contributed by atoms with E-state index in [2.05, 4.69) is 5.32 Å². The Morgan fingerprint density at radius 1 is 1.32 bits per heavy atom. The van der Waals surface area contributed by atoms with Crippen molar-refractivity contribution in [3.63, 3.8) is 0 Å². The average molecular weight is 307 g/mol. The van der Waals surface area contributed by atoms with Gasteiger partial charge in [0.15, 0.2) is 0 Å². The molecule has 0 heterocycles. The second-order valence-corrected chi connectivity index (χ2v) is 5.55. The lowest BCUT2D eigenvalue weighted by Crippen LogP contribution is -2.54. The van der Waals surface area contributed by atoms with Gasteiger partial charge in [-0.3, -0.25) is 4.79 Å². The predicted molar refractivity (Wildman–Crippen MR) is 85.2 cm³/mol. The molecule has 22 heavy (non-hydrogen) atoms. The Labute approximate surface area is 131 Å². The van der Waals surface area contributed by atoms with Crippen LogP contribution in [-0.2, 0) is 9.59 Å². The lowest BCUT2D eigenvalue weighted by molar-refractivity contribution is -0.148. The second kappa shape index (κ2) is 7.29. The molecular formula is C17H25NO4. The Balaban J connectivity index is 3.05. The number of carboxylic acids is 1. The van der Waals surface area contributed by atoms with Crippen LogP contribution < -0.4 is 10.1 Å². The number of hydrogen-bond acceptors (Lipinski definition) is 3. The maximum atomic E-state index is 12.5. The first-order valence-corrected chi connectivity index (χ1v) is 7.51. The van der Waals surface area contributed by atoms with Gasteiger partial charge >= 0.3 is 5.97 Å². The van der Waals surface area contributed by atoms with Crippen molar-refractivity contribution in [3.05, 3.63) is 29.3 Å². The van der Waals surface area contributed by atoms with E-state index in [1.807, 2.05) is 25.1 Å². The third-order valence-electron chi connectivity index (χ3n) is 4.23. The van der Waals surface area contributed by atoms with Crippen molar-refractivity contribution in [2.24, 2.45) is 0 Å². The molecule has 0 aromatic heterocycles. The Bertz CT molecular complexity index is 550. The first-order chi connectivity index (χ1) is 10.3. The second-order valence-electron chi connectivity index (χ2n) is 5.55. The number of amides is 1. The van der Waals surface area contributed by atoms with Crippen LogP contribution in [0.25, 0.3) is 0 Å². The molecule has 0 bridgehead atoms. The van der Waals surface area contributed by atoms with E-state index in [-0.39, 0.29) is 5.91 Å². The highest BCUT2D eigenvalue weighted by Crippen LogP contribution is 2.28. The molecule has 1 amide bonds. The zero-order chi connectivity index (χ0) is 16.9. The summed E-state index contributed by atoms with van der Waals surface area (Å²) in [4.78, 5) is 24.0. The van der Waals surface area contributed by atoms with Crippen LogP contribution in [0.4, 0.5) is 0 Å². The van der Waals surface area contributed by atoms with Gasteiger partial charge < -0.3 is 15.2 Å². The Kier molecular flexibility index (Phi) is 5.97. The molecule has 2 N–H and O–H groups in total. The number of carbonyl (C=O) groups is 2. The lowest BCUT2D eigenvalue weighted by atomic mass is 9.90. The van der Waals surface area contributed by atoms with Gasteiger partial charge in [0.1, 0.15) is 11.3 Å². The molecule has 1 aromatic rings. The molecule has 5 nitrogen and oxygen atoms in total. The monoisotopic (exact) mass is 307 g/mol. The molecule has 122 valence electrons. The number of nitrogens with one attached hydrogen (secondary N) is 1. The standard InChI is InChI=1S/C17H25NO4/c1-6-17(7-2,16(20)21)18-15(19)12(4)13-9-8-11(3)10-14(13)22-5/h8-10,12H,6-7H2,1-5H3,(H,18,19)(H,20,21).